The highest BCUT2D eigenvalue weighted by Gasteiger charge is 2.28. The van der Waals surface area contributed by atoms with Gasteiger partial charge >= 0.3 is 0 Å². The quantitative estimate of drug-likeness (QED) is 0.752. The standard InChI is InChI=1S/C14H21N3O/c1-4-8-15-12-10(3)14(18-9-5-2)17-13(16-12)11-6-7-11/h5,11H,2,4,6-9H2,1,3H3,(H,15,16,17). The van der Waals surface area contributed by atoms with Crippen molar-refractivity contribution in [2.45, 2.75) is 39.0 Å². The minimum Gasteiger partial charge on any atom is -0.473 e. The van der Waals surface area contributed by atoms with Crippen molar-refractivity contribution in [3.63, 3.8) is 0 Å². The van der Waals surface area contributed by atoms with E-state index in [1.54, 1.807) is 6.08 Å². The third-order valence-electron chi connectivity index (χ3n) is 2.94. The Kier molecular flexibility index (Phi) is 4.18. The van der Waals surface area contributed by atoms with Crippen molar-refractivity contribution in [2.24, 2.45) is 0 Å². The molecule has 1 heterocycles. The van der Waals surface area contributed by atoms with Gasteiger partial charge in [-0.05, 0) is 26.2 Å². The second-order valence-corrected chi connectivity index (χ2v) is 4.66. The first kappa shape index (κ1) is 12.9. The summed E-state index contributed by atoms with van der Waals surface area (Å²) in [7, 11) is 0. The number of hydrogen-bond donors (Lipinski definition) is 1. The molecule has 0 amide bonds. The normalized spacial score (nSPS) is 14.3. The van der Waals surface area contributed by atoms with Gasteiger partial charge in [-0.2, -0.15) is 4.98 Å². The predicted molar refractivity (Wildman–Crippen MR) is 73.2 cm³/mol. The summed E-state index contributed by atoms with van der Waals surface area (Å²) in [6.07, 6.45) is 5.19. The van der Waals surface area contributed by atoms with Crippen LogP contribution in [-0.4, -0.2) is 23.1 Å². The summed E-state index contributed by atoms with van der Waals surface area (Å²) < 4.78 is 5.62. The average molecular weight is 247 g/mol. The third-order valence-corrected chi connectivity index (χ3v) is 2.94. The van der Waals surface area contributed by atoms with Gasteiger partial charge < -0.3 is 10.1 Å². The van der Waals surface area contributed by atoms with Gasteiger partial charge in [-0.3, -0.25) is 0 Å². The number of hydrogen-bond acceptors (Lipinski definition) is 4. The summed E-state index contributed by atoms with van der Waals surface area (Å²) in [6.45, 7) is 9.20. The molecule has 0 bridgehead atoms. The number of anilines is 1. The maximum Gasteiger partial charge on any atom is 0.222 e. The number of aromatic nitrogens is 2. The number of nitrogens with one attached hydrogen (secondary N) is 1. The van der Waals surface area contributed by atoms with Gasteiger partial charge in [-0.25, -0.2) is 4.98 Å². The first-order chi connectivity index (χ1) is 8.76. The van der Waals surface area contributed by atoms with E-state index in [4.69, 9.17) is 4.74 Å². The van der Waals surface area contributed by atoms with Crippen LogP contribution >= 0.6 is 0 Å². The molecule has 1 fully saturated rings. The van der Waals surface area contributed by atoms with E-state index in [1.807, 2.05) is 6.92 Å². The Bertz CT molecular complexity index is 427. The Labute approximate surface area is 108 Å². The summed E-state index contributed by atoms with van der Waals surface area (Å²) in [5.41, 5.74) is 0.981. The van der Waals surface area contributed by atoms with Gasteiger partial charge in [0.15, 0.2) is 0 Å². The molecule has 18 heavy (non-hydrogen) atoms. The first-order valence-corrected chi connectivity index (χ1v) is 6.62. The van der Waals surface area contributed by atoms with Crippen LogP contribution in [0.25, 0.3) is 0 Å². The van der Waals surface area contributed by atoms with Crippen LogP contribution in [0.15, 0.2) is 12.7 Å². The smallest absolute Gasteiger partial charge is 0.222 e. The molecule has 2 rings (SSSR count). The lowest BCUT2D eigenvalue weighted by Crippen LogP contribution is -2.09. The minimum absolute atomic E-state index is 0.481. The van der Waals surface area contributed by atoms with Crippen molar-refractivity contribution in [1.82, 2.24) is 9.97 Å². The van der Waals surface area contributed by atoms with E-state index in [2.05, 4.69) is 28.8 Å². The molecule has 0 aliphatic heterocycles. The Balaban J connectivity index is 2.25. The second-order valence-electron chi connectivity index (χ2n) is 4.66. The fourth-order valence-electron chi connectivity index (χ4n) is 1.73. The number of rotatable bonds is 7. The zero-order valence-corrected chi connectivity index (χ0v) is 11.2. The Morgan fingerprint density at radius 1 is 1.44 bits per heavy atom. The highest BCUT2D eigenvalue weighted by Crippen LogP contribution is 2.39. The van der Waals surface area contributed by atoms with Gasteiger partial charge in [0, 0.05) is 12.5 Å². The monoisotopic (exact) mass is 247 g/mol. The van der Waals surface area contributed by atoms with Gasteiger partial charge in [0.25, 0.3) is 0 Å². The van der Waals surface area contributed by atoms with Crippen molar-refractivity contribution in [2.75, 3.05) is 18.5 Å². The molecule has 1 N–H and O–H groups in total. The van der Waals surface area contributed by atoms with Crippen molar-refractivity contribution < 1.29 is 4.74 Å². The summed E-state index contributed by atoms with van der Waals surface area (Å²) >= 11 is 0. The SMILES string of the molecule is C=CCOc1nc(C2CC2)nc(NCCC)c1C. The van der Waals surface area contributed by atoms with E-state index in [-0.39, 0.29) is 0 Å². The van der Waals surface area contributed by atoms with E-state index in [0.29, 0.717) is 18.4 Å². The third kappa shape index (κ3) is 3.00. The van der Waals surface area contributed by atoms with E-state index < -0.39 is 0 Å². The average Bonchev–Trinajstić information content (AvgIpc) is 3.20. The molecule has 1 aliphatic rings. The molecular weight excluding hydrogens is 226 g/mol. The molecule has 0 spiro atoms. The molecule has 0 saturated heterocycles. The highest BCUT2D eigenvalue weighted by molar-refractivity contribution is 5.49. The van der Waals surface area contributed by atoms with Crippen molar-refractivity contribution >= 4 is 5.82 Å². The van der Waals surface area contributed by atoms with Gasteiger partial charge in [-0.1, -0.05) is 19.6 Å². The maximum absolute atomic E-state index is 5.62. The molecule has 0 atom stereocenters. The summed E-state index contributed by atoms with van der Waals surface area (Å²) in [6, 6.07) is 0. The Morgan fingerprint density at radius 3 is 2.83 bits per heavy atom. The second kappa shape index (κ2) is 5.85. The van der Waals surface area contributed by atoms with Gasteiger partial charge in [0.2, 0.25) is 5.88 Å². The van der Waals surface area contributed by atoms with Crippen LogP contribution in [0, 0.1) is 6.92 Å². The summed E-state index contributed by atoms with van der Waals surface area (Å²) in [5.74, 6) is 3.04. The van der Waals surface area contributed by atoms with Crippen molar-refractivity contribution in [3.8, 4) is 5.88 Å². The van der Waals surface area contributed by atoms with E-state index >= 15 is 0 Å². The number of nitrogens with zero attached hydrogens (tertiary/aromatic N) is 2. The zero-order valence-electron chi connectivity index (χ0n) is 11.2. The van der Waals surface area contributed by atoms with Crippen LogP contribution in [0.2, 0.25) is 0 Å². The van der Waals surface area contributed by atoms with Gasteiger partial charge in [0.05, 0.1) is 5.56 Å². The van der Waals surface area contributed by atoms with Crippen LogP contribution in [-0.2, 0) is 0 Å². The van der Waals surface area contributed by atoms with Crippen LogP contribution in [0.3, 0.4) is 0 Å². The summed E-state index contributed by atoms with van der Waals surface area (Å²) in [5, 5.41) is 3.35. The fraction of sp³-hybridized carbons (Fsp3) is 0.571. The maximum atomic E-state index is 5.62. The van der Waals surface area contributed by atoms with Crippen molar-refractivity contribution in [3.05, 3.63) is 24.0 Å². The molecule has 0 radical (unpaired) electrons. The van der Waals surface area contributed by atoms with Crippen LogP contribution in [0.4, 0.5) is 5.82 Å². The predicted octanol–water partition coefficient (Wildman–Crippen LogP) is 3.05. The van der Waals surface area contributed by atoms with Gasteiger partial charge in [0.1, 0.15) is 18.2 Å². The molecular formula is C14H21N3O. The van der Waals surface area contributed by atoms with Crippen molar-refractivity contribution in [1.29, 1.82) is 0 Å². The van der Waals surface area contributed by atoms with Crippen LogP contribution in [0.1, 0.15) is 43.5 Å². The molecule has 0 aromatic carbocycles. The Morgan fingerprint density at radius 2 is 2.22 bits per heavy atom. The lowest BCUT2D eigenvalue weighted by molar-refractivity contribution is 0.344. The van der Waals surface area contributed by atoms with Crippen LogP contribution < -0.4 is 10.1 Å². The molecule has 1 aromatic heterocycles. The van der Waals surface area contributed by atoms with E-state index in [1.165, 1.54) is 12.8 Å². The lowest BCUT2D eigenvalue weighted by atomic mass is 10.3. The molecule has 1 aliphatic carbocycles. The highest BCUT2D eigenvalue weighted by atomic mass is 16.5. The fourth-order valence-corrected chi connectivity index (χ4v) is 1.73. The van der Waals surface area contributed by atoms with Crippen LogP contribution in [0.5, 0.6) is 5.88 Å². The summed E-state index contributed by atoms with van der Waals surface area (Å²) in [4.78, 5) is 9.13. The zero-order chi connectivity index (χ0) is 13.0. The first-order valence-electron chi connectivity index (χ1n) is 6.62. The molecule has 1 aromatic rings. The van der Waals surface area contributed by atoms with Gasteiger partial charge in [-0.15, -0.1) is 0 Å². The lowest BCUT2D eigenvalue weighted by Gasteiger charge is -2.13. The molecule has 98 valence electrons. The molecule has 4 heteroatoms. The van der Waals surface area contributed by atoms with E-state index in [0.717, 1.165) is 30.2 Å². The largest absolute Gasteiger partial charge is 0.473 e. The molecule has 1 saturated carbocycles. The topological polar surface area (TPSA) is 47.0 Å². The Hall–Kier alpha value is -1.58. The molecule has 0 unspecified atom stereocenters. The van der Waals surface area contributed by atoms with E-state index in [9.17, 15) is 0 Å². The minimum atomic E-state index is 0.481. The number of ether oxygens (including phenoxy) is 1. The molecule has 4 nitrogen and oxygen atoms in total.